The molecule has 2 aromatic rings. The highest BCUT2D eigenvalue weighted by atomic mass is 19.1. The molecule has 0 aliphatic carbocycles. The molecular weight excluding hydrogens is 257 g/mol. The van der Waals surface area contributed by atoms with Gasteiger partial charge in [0.05, 0.1) is 6.20 Å². The summed E-state index contributed by atoms with van der Waals surface area (Å²) in [6.45, 7) is 3.34. The zero-order valence-corrected chi connectivity index (χ0v) is 11.0. The summed E-state index contributed by atoms with van der Waals surface area (Å²) in [5, 5.41) is 0. The molecule has 20 heavy (non-hydrogen) atoms. The molecule has 3 rings (SSSR count). The van der Waals surface area contributed by atoms with Crippen LogP contribution in [0.3, 0.4) is 0 Å². The first kappa shape index (κ1) is 12.7. The number of nitrogens with two attached hydrogens (primary N) is 1. The van der Waals surface area contributed by atoms with Crippen molar-refractivity contribution in [3.8, 4) is 0 Å². The molecule has 1 saturated heterocycles. The minimum atomic E-state index is -0.573. The summed E-state index contributed by atoms with van der Waals surface area (Å²) in [4.78, 5) is 12.3. The number of piperazine rings is 1. The van der Waals surface area contributed by atoms with E-state index in [0.29, 0.717) is 5.95 Å². The van der Waals surface area contributed by atoms with Crippen molar-refractivity contribution in [3.63, 3.8) is 0 Å². The molecule has 1 fully saturated rings. The van der Waals surface area contributed by atoms with Crippen LogP contribution in [-0.4, -0.2) is 36.1 Å². The lowest BCUT2D eigenvalue weighted by molar-refractivity contribution is 0.608. The molecule has 0 amide bonds. The van der Waals surface area contributed by atoms with Crippen LogP contribution in [-0.2, 0) is 0 Å². The van der Waals surface area contributed by atoms with Gasteiger partial charge in [-0.05, 0) is 12.1 Å². The maximum absolute atomic E-state index is 13.1. The Balaban J connectivity index is 1.68. The second kappa shape index (κ2) is 5.32. The van der Waals surface area contributed by atoms with E-state index in [1.807, 2.05) is 23.1 Å². The topological polar surface area (TPSA) is 58.3 Å². The van der Waals surface area contributed by atoms with Crippen LogP contribution in [0.4, 0.5) is 21.8 Å². The largest absolute Gasteiger partial charge is 0.381 e. The first-order valence-electron chi connectivity index (χ1n) is 6.57. The Morgan fingerprint density at radius 1 is 1.00 bits per heavy atom. The maximum Gasteiger partial charge on any atom is 0.227 e. The third kappa shape index (κ3) is 2.49. The lowest BCUT2D eigenvalue weighted by Crippen LogP contribution is -2.47. The molecule has 2 N–H and O–H groups in total. The van der Waals surface area contributed by atoms with Crippen LogP contribution in [0.1, 0.15) is 0 Å². The second-order valence-electron chi connectivity index (χ2n) is 4.71. The Kier molecular flexibility index (Phi) is 3.37. The first-order valence-corrected chi connectivity index (χ1v) is 6.57. The number of para-hydroxylation sites is 1. The fourth-order valence-corrected chi connectivity index (χ4v) is 2.33. The number of nitrogen functional groups attached to an aromatic ring is 1. The summed E-state index contributed by atoms with van der Waals surface area (Å²) in [5.41, 5.74) is 6.70. The van der Waals surface area contributed by atoms with Crippen LogP contribution in [0.2, 0.25) is 0 Å². The number of halogens is 1. The Labute approximate surface area is 116 Å². The zero-order chi connectivity index (χ0) is 13.9. The van der Waals surface area contributed by atoms with E-state index < -0.39 is 5.82 Å². The monoisotopic (exact) mass is 273 g/mol. The number of anilines is 3. The second-order valence-corrected chi connectivity index (χ2v) is 4.71. The molecule has 1 aliphatic rings. The highest BCUT2D eigenvalue weighted by Crippen LogP contribution is 2.18. The van der Waals surface area contributed by atoms with Gasteiger partial charge in [-0.1, -0.05) is 18.2 Å². The average molecular weight is 273 g/mol. The van der Waals surface area contributed by atoms with Crippen LogP contribution in [0.5, 0.6) is 0 Å². The smallest absolute Gasteiger partial charge is 0.227 e. The molecule has 0 radical (unpaired) electrons. The average Bonchev–Trinajstić information content (AvgIpc) is 2.51. The number of rotatable bonds is 2. The summed E-state index contributed by atoms with van der Waals surface area (Å²) < 4.78 is 13.1. The van der Waals surface area contributed by atoms with Gasteiger partial charge in [0.15, 0.2) is 11.6 Å². The summed E-state index contributed by atoms with van der Waals surface area (Å²) >= 11 is 0. The number of nitrogens with zero attached hydrogens (tertiary/aromatic N) is 4. The molecule has 0 spiro atoms. The molecule has 0 atom stereocenters. The molecule has 1 aromatic carbocycles. The Hall–Kier alpha value is -2.37. The van der Waals surface area contributed by atoms with Gasteiger partial charge in [0.2, 0.25) is 5.95 Å². The number of hydrogen-bond donors (Lipinski definition) is 1. The molecule has 0 bridgehead atoms. The van der Waals surface area contributed by atoms with Crippen molar-refractivity contribution in [2.24, 2.45) is 0 Å². The van der Waals surface area contributed by atoms with Gasteiger partial charge in [-0.15, -0.1) is 0 Å². The molecule has 5 nitrogen and oxygen atoms in total. The van der Waals surface area contributed by atoms with Gasteiger partial charge < -0.3 is 15.5 Å². The van der Waals surface area contributed by atoms with E-state index in [2.05, 4.69) is 27.0 Å². The molecule has 0 saturated carbocycles. The quantitative estimate of drug-likeness (QED) is 0.899. The van der Waals surface area contributed by atoms with Crippen LogP contribution >= 0.6 is 0 Å². The molecule has 1 aliphatic heterocycles. The predicted octanol–water partition coefficient (Wildman–Crippen LogP) is 1.52. The van der Waals surface area contributed by atoms with Gasteiger partial charge in [0.1, 0.15) is 0 Å². The molecular formula is C14H16FN5. The summed E-state index contributed by atoms with van der Waals surface area (Å²) in [6, 6.07) is 10.3. The normalized spacial score (nSPS) is 15.4. The number of hydrogen-bond acceptors (Lipinski definition) is 5. The lowest BCUT2D eigenvalue weighted by Gasteiger charge is -2.36. The molecule has 6 heteroatoms. The van der Waals surface area contributed by atoms with Crippen molar-refractivity contribution in [2.45, 2.75) is 0 Å². The first-order chi connectivity index (χ1) is 9.74. The van der Waals surface area contributed by atoms with E-state index in [4.69, 9.17) is 5.73 Å². The Bertz CT molecular complexity index is 581. The van der Waals surface area contributed by atoms with Crippen molar-refractivity contribution in [3.05, 3.63) is 42.3 Å². The third-order valence-electron chi connectivity index (χ3n) is 3.44. The SMILES string of the molecule is Nc1nc(N2CCN(c3ccccc3)CC2)ncc1F. The molecule has 1 aromatic heterocycles. The number of aromatic nitrogens is 2. The van der Waals surface area contributed by atoms with Gasteiger partial charge in [-0.3, -0.25) is 0 Å². The predicted molar refractivity (Wildman–Crippen MR) is 77.3 cm³/mol. The maximum atomic E-state index is 13.1. The van der Waals surface area contributed by atoms with Crippen molar-refractivity contribution in [1.82, 2.24) is 9.97 Å². The fraction of sp³-hybridized carbons (Fsp3) is 0.286. The van der Waals surface area contributed by atoms with Crippen LogP contribution in [0, 0.1) is 5.82 Å². The van der Waals surface area contributed by atoms with Crippen LogP contribution in [0.15, 0.2) is 36.5 Å². The minimum absolute atomic E-state index is 0.0968. The Morgan fingerprint density at radius 2 is 1.65 bits per heavy atom. The summed E-state index contributed by atoms with van der Waals surface area (Å²) in [7, 11) is 0. The van der Waals surface area contributed by atoms with Crippen molar-refractivity contribution >= 4 is 17.5 Å². The molecule has 2 heterocycles. The van der Waals surface area contributed by atoms with Gasteiger partial charge in [-0.25, -0.2) is 9.37 Å². The van der Waals surface area contributed by atoms with Crippen molar-refractivity contribution in [1.29, 1.82) is 0 Å². The van der Waals surface area contributed by atoms with Gasteiger partial charge >= 0.3 is 0 Å². The van der Waals surface area contributed by atoms with E-state index >= 15 is 0 Å². The standard InChI is InChI=1S/C14H16FN5/c15-12-10-17-14(18-13(12)16)20-8-6-19(7-9-20)11-4-2-1-3-5-11/h1-5,10H,6-9H2,(H2,16,17,18). The van der Waals surface area contributed by atoms with Crippen LogP contribution < -0.4 is 15.5 Å². The summed E-state index contributed by atoms with van der Waals surface area (Å²) in [5.74, 6) is -0.172. The van der Waals surface area contributed by atoms with Crippen molar-refractivity contribution in [2.75, 3.05) is 41.7 Å². The van der Waals surface area contributed by atoms with Crippen molar-refractivity contribution < 1.29 is 4.39 Å². The van der Waals surface area contributed by atoms with Gasteiger partial charge in [0, 0.05) is 31.9 Å². The van der Waals surface area contributed by atoms with E-state index in [-0.39, 0.29) is 5.82 Å². The summed E-state index contributed by atoms with van der Waals surface area (Å²) in [6.07, 6.45) is 1.13. The number of benzene rings is 1. The molecule has 0 unspecified atom stereocenters. The minimum Gasteiger partial charge on any atom is -0.381 e. The Morgan fingerprint density at radius 3 is 2.30 bits per heavy atom. The van der Waals surface area contributed by atoms with Gasteiger partial charge in [-0.2, -0.15) is 4.98 Å². The van der Waals surface area contributed by atoms with Crippen LogP contribution in [0.25, 0.3) is 0 Å². The zero-order valence-electron chi connectivity index (χ0n) is 11.0. The van der Waals surface area contributed by atoms with Gasteiger partial charge in [0.25, 0.3) is 0 Å². The van der Waals surface area contributed by atoms with E-state index in [1.165, 1.54) is 5.69 Å². The van der Waals surface area contributed by atoms with E-state index in [9.17, 15) is 4.39 Å². The highest BCUT2D eigenvalue weighted by molar-refractivity contribution is 5.48. The van der Waals surface area contributed by atoms with E-state index in [1.54, 1.807) is 0 Å². The third-order valence-corrected chi connectivity index (χ3v) is 3.44. The lowest BCUT2D eigenvalue weighted by atomic mass is 10.2. The molecule has 104 valence electrons. The van der Waals surface area contributed by atoms with E-state index in [0.717, 1.165) is 32.4 Å². The fourth-order valence-electron chi connectivity index (χ4n) is 2.33. The highest BCUT2D eigenvalue weighted by Gasteiger charge is 2.19.